The number of hydrogen-bond acceptors (Lipinski definition) is 4. The molecular weight excluding hydrogens is 222 g/mol. The van der Waals surface area contributed by atoms with Crippen molar-refractivity contribution >= 4 is 11.8 Å². The highest BCUT2D eigenvalue weighted by Crippen LogP contribution is 2.15. The molecule has 0 aliphatic carbocycles. The third-order valence-electron chi connectivity index (χ3n) is 2.99. The van der Waals surface area contributed by atoms with E-state index < -0.39 is 11.9 Å². The number of nitrogens with two attached hydrogens (primary N) is 2. The number of hydrogen-bond donors (Lipinski definition) is 2. The first-order valence-corrected chi connectivity index (χ1v) is 5.87. The highest BCUT2D eigenvalue weighted by molar-refractivity contribution is 5.87. The van der Waals surface area contributed by atoms with E-state index in [9.17, 15) is 9.59 Å². The van der Waals surface area contributed by atoms with Crippen molar-refractivity contribution in [3.8, 4) is 0 Å². The number of nitrogens with zero attached hydrogens (tertiary/aromatic N) is 1. The van der Waals surface area contributed by atoms with Gasteiger partial charge in [-0.25, -0.2) is 0 Å². The van der Waals surface area contributed by atoms with Crippen LogP contribution in [0, 0.1) is 5.92 Å². The third-order valence-corrected chi connectivity index (χ3v) is 2.99. The van der Waals surface area contributed by atoms with Gasteiger partial charge in [0.15, 0.2) is 0 Å². The summed E-state index contributed by atoms with van der Waals surface area (Å²) in [7, 11) is 1.71. The van der Waals surface area contributed by atoms with E-state index in [2.05, 4.69) is 0 Å². The molecule has 17 heavy (non-hydrogen) atoms. The second kappa shape index (κ2) is 6.56. The first kappa shape index (κ1) is 13.9. The quantitative estimate of drug-likeness (QED) is 0.652. The molecular formula is C11H21N3O3. The van der Waals surface area contributed by atoms with Gasteiger partial charge in [0.2, 0.25) is 11.8 Å². The molecule has 2 amide bonds. The van der Waals surface area contributed by atoms with Gasteiger partial charge in [0.25, 0.3) is 0 Å². The Morgan fingerprint density at radius 3 is 2.53 bits per heavy atom. The maximum atomic E-state index is 11.8. The maximum absolute atomic E-state index is 11.8. The van der Waals surface area contributed by atoms with Crippen molar-refractivity contribution in [2.75, 3.05) is 26.8 Å². The normalized spacial score (nSPS) is 18.7. The number of primary amides is 1. The molecule has 98 valence electrons. The van der Waals surface area contributed by atoms with Crippen molar-refractivity contribution in [2.45, 2.75) is 25.3 Å². The third kappa shape index (κ3) is 4.70. The lowest BCUT2D eigenvalue weighted by Crippen LogP contribution is -2.45. The van der Waals surface area contributed by atoms with E-state index in [0.29, 0.717) is 12.5 Å². The summed E-state index contributed by atoms with van der Waals surface area (Å²) in [4.78, 5) is 24.1. The van der Waals surface area contributed by atoms with Crippen LogP contribution in [0.4, 0.5) is 0 Å². The van der Waals surface area contributed by atoms with E-state index in [-0.39, 0.29) is 12.3 Å². The topological polar surface area (TPSA) is 98.7 Å². The number of likely N-dealkylation sites (N-methyl/N-ethyl adjacent to an activating group) is 1. The number of ether oxygens (including phenoxy) is 1. The van der Waals surface area contributed by atoms with Crippen LogP contribution >= 0.6 is 0 Å². The number of rotatable bonds is 5. The molecule has 1 aliphatic heterocycles. The number of carbonyl (C=O) groups excluding carboxylic acids is 2. The summed E-state index contributed by atoms with van der Waals surface area (Å²) in [5, 5.41) is 0. The average molecular weight is 243 g/mol. The minimum Gasteiger partial charge on any atom is -0.381 e. The standard InChI is InChI=1S/C11H21N3O3/c1-14(7-8-2-4-17-5-3-8)11(16)9(12)6-10(13)15/h8-9H,2-7,12H2,1H3,(H2,13,15). The molecule has 0 aromatic rings. The van der Waals surface area contributed by atoms with Gasteiger partial charge >= 0.3 is 0 Å². The van der Waals surface area contributed by atoms with E-state index in [1.165, 1.54) is 0 Å². The van der Waals surface area contributed by atoms with Crippen LogP contribution in [0.25, 0.3) is 0 Å². The molecule has 0 aromatic carbocycles. The molecule has 1 saturated heterocycles. The molecule has 1 unspecified atom stereocenters. The highest BCUT2D eigenvalue weighted by atomic mass is 16.5. The van der Waals surface area contributed by atoms with Crippen molar-refractivity contribution in [3.63, 3.8) is 0 Å². The molecule has 1 heterocycles. The predicted molar refractivity (Wildman–Crippen MR) is 63.0 cm³/mol. The molecule has 0 bridgehead atoms. The van der Waals surface area contributed by atoms with E-state index in [1.54, 1.807) is 11.9 Å². The van der Waals surface area contributed by atoms with E-state index >= 15 is 0 Å². The fourth-order valence-electron chi connectivity index (χ4n) is 1.99. The summed E-state index contributed by atoms with van der Waals surface area (Å²) in [6.45, 7) is 2.16. The van der Waals surface area contributed by atoms with Crippen LogP contribution in [0.2, 0.25) is 0 Å². The van der Waals surface area contributed by atoms with Crippen molar-refractivity contribution < 1.29 is 14.3 Å². The largest absolute Gasteiger partial charge is 0.381 e. The Morgan fingerprint density at radius 2 is 2.00 bits per heavy atom. The summed E-state index contributed by atoms with van der Waals surface area (Å²) in [5.74, 6) is -0.320. The lowest BCUT2D eigenvalue weighted by Gasteiger charge is -2.28. The Morgan fingerprint density at radius 1 is 1.41 bits per heavy atom. The van der Waals surface area contributed by atoms with Gasteiger partial charge in [0.1, 0.15) is 0 Å². The molecule has 6 nitrogen and oxygen atoms in total. The zero-order chi connectivity index (χ0) is 12.8. The van der Waals surface area contributed by atoms with Gasteiger partial charge in [-0.05, 0) is 18.8 Å². The zero-order valence-electron chi connectivity index (χ0n) is 10.2. The Bertz CT molecular complexity index is 277. The molecule has 0 aromatic heterocycles. The second-order valence-electron chi connectivity index (χ2n) is 4.55. The lowest BCUT2D eigenvalue weighted by molar-refractivity contribution is -0.134. The first-order chi connectivity index (χ1) is 8.00. The maximum Gasteiger partial charge on any atom is 0.239 e. The van der Waals surface area contributed by atoms with Crippen LogP contribution in [0.15, 0.2) is 0 Å². The zero-order valence-corrected chi connectivity index (χ0v) is 10.2. The Hall–Kier alpha value is -1.14. The van der Waals surface area contributed by atoms with Crippen molar-refractivity contribution in [3.05, 3.63) is 0 Å². The van der Waals surface area contributed by atoms with Gasteiger partial charge in [-0.3, -0.25) is 9.59 Å². The molecule has 1 atom stereocenters. The van der Waals surface area contributed by atoms with Crippen LogP contribution in [0.1, 0.15) is 19.3 Å². The van der Waals surface area contributed by atoms with Gasteiger partial charge in [-0.1, -0.05) is 0 Å². The average Bonchev–Trinajstić information content (AvgIpc) is 2.28. The lowest BCUT2D eigenvalue weighted by atomic mass is 9.99. The smallest absolute Gasteiger partial charge is 0.239 e. The molecule has 1 fully saturated rings. The van der Waals surface area contributed by atoms with Crippen molar-refractivity contribution in [1.82, 2.24) is 4.90 Å². The number of carbonyl (C=O) groups is 2. The fourth-order valence-corrected chi connectivity index (χ4v) is 1.99. The second-order valence-corrected chi connectivity index (χ2v) is 4.55. The van der Waals surface area contributed by atoms with Crippen LogP contribution in [0.3, 0.4) is 0 Å². The predicted octanol–water partition coefficient (Wildman–Crippen LogP) is -0.926. The van der Waals surface area contributed by atoms with Crippen LogP contribution in [-0.4, -0.2) is 49.6 Å². The van der Waals surface area contributed by atoms with Crippen LogP contribution < -0.4 is 11.5 Å². The summed E-state index contributed by atoms with van der Waals surface area (Å²) in [6, 6.07) is -0.822. The van der Waals surface area contributed by atoms with Crippen molar-refractivity contribution in [2.24, 2.45) is 17.4 Å². The van der Waals surface area contributed by atoms with Crippen LogP contribution in [-0.2, 0) is 14.3 Å². The van der Waals surface area contributed by atoms with Gasteiger partial charge in [0.05, 0.1) is 12.5 Å². The monoisotopic (exact) mass is 243 g/mol. The first-order valence-electron chi connectivity index (χ1n) is 5.87. The van der Waals surface area contributed by atoms with E-state index in [0.717, 1.165) is 26.1 Å². The number of amides is 2. The molecule has 0 radical (unpaired) electrons. The molecule has 6 heteroatoms. The van der Waals surface area contributed by atoms with E-state index in [1.807, 2.05) is 0 Å². The van der Waals surface area contributed by atoms with Gasteiger partial charge in [-0.2, -0.15) is 0 Å². The van der Waals surface area contributed by atoms with E-state index in [4.69, 9.17) is 16.2 Å². The van der Waals surface area contributed by atoms with Crippen molar-refractivity contribution in [1.29, 1.82) is 0 Å². The highest BCUT2D eigenvalue weighted by Gasteiger charge is 2.23. The fraction of sp³-hybridized carbons (Fsp3) is 0.818. The minimum atomic E-state index is -0.822. The van der Waals surface area contributed by atoms with Gasteiger partial charge in [-0.15, -0.1) is 0 Å². The molecule has 1 rings (SSSR count). The molecule has 0 saturated carbocycles. The molecule has 0 spiro atoms. The summed E-state index contributed by atoms with van der Waals surface area (Å²) in [6.07, 6.45) is 1.82. The van der Waals surface area contributed by atoms with Gasteiger partial charge in [0, 0.05) is 26.8 Å². The Kier molecular flexibility index (Phi) is 5.37. The Balaban J connectivity index is 2.37. The SMILES string of the molecule is CN(CC1CCOCC1)C(=O)C(N)CC(N)=O. The van der Waals surface area contributed by atoms with Gasteiger partial charge < -0.3 is 21.1 Å². The molecule has 1 aliphatic rings. The summed E-state index contributed by atoms with van der Waals surface area (Å²) in [5.41, 5.74) is 10.6. The van der Waals surface area contributed by atoms with Crippen LogP contribution in [0.5, 0.6) is 0 Å². The molecule has 4 N–H and O–H groups in total. The minimum absolute atomic E-state index is 0.100. The Labute approximate surface area is 101 Å². The summed E-state index contributed by atoms with van der Waals surface area (Å²) < 4.78 is 5.25. The summed E-state index contributed by atoms with van der Waals surface area (Å²) >= 11 is 0.